The number of hydrogen-bond donors (Lipinski definition) is 0. The molecule has 0 N–H and O–H groups in total. The summed E-state index contributed by atoms with van der Waals surface area (Å²) in [5, 5.41) is 4.23. The molecule has 0 aliphatic carbocycles. The molecule has 0 unspecified atom stereocenters. The highest BCUT2D eigenvalue weighted by Gasteiger charge is 2.52. The van der Waals surface area contributed by atoms with E-state index >= 15 is 0 Å². The Morgan fingerprint density at radius 2 is 1.60 bits per heavy atom. The lowest BCUT2D eigenvalue weighted by Gasteiger charge is -2.32. The highest BCUT2D eigenvalue weighted by Crippen LogP contribution is 2.36. The molecule has 0 saturated carbocycles. The van der Waals surface area contributed by atoms with Gasteiger partial charge in [0.15, 0.2) is 0 Å². The van der Waals surface area contributed by atoms with Gasteiger partial charge in [-0.05, 0) is 56.4 Å². The summed E-state index contributed by atoms with van der Waals surface area (Å²) in [7, 11) is -0.207. The molecule has 1 aliphatic heterocycles. The molecule has 1 aliphatic rings. The minimum atomic E-state index is -0.244. The number of hydrogen-bond acceptors (Lipinski definition) is 3. The van der Waals surface area contributed by atoms with E-state index in [1.807, 2.05) is 0 Å². The van der Waals surface area contributed by atoms with Crippen LogP contribution >= 0.6 is 11.3 Å². The predicted octanol–water partition coefficient (Wildman–Crippen LogP) is 2.36. The van der Waals surface area contributed by atoms with Gasteiger partial charge >= 0.3 is 7.12 Å². The number of rotatable bonds is 1. The summed E-state index contributed by atoms with van der Waals surface area (Å²) in [4.78, 5) is 0. The Labute approximate surface area is 95.7 Å². The largest absolute Gasteiger partial charge is 0.495 e. The molecule has 0 radical (unpaired) electrons. The lowest BCUT2D eigenvalue weighted by atomic mass is 9.79. The number of thiophene rings is 1. The van der Waals surface area contributed by atoms with E-state index in [-0.39, 0.29) is 18.3 Å². The standard InChI is InChI=1S/C11H17BO2S/c1-8-6-15-7-9(8)12-13-10(2,3)11(4,5)14-12/h6-7H,1-5H3. The minimum Gasteiger partial charge on any atom is -0.399 e. The molecule has 0 spiro atoms. The second kappa shape index (κ2) is 3.34. The quantitative estimate of drug-likeness (QED) is 0.681. The van der Waals surface area contributed by atoms with Gasteiger partial charge in [0.25, 0.3) is 0 Å². The van der Waals surface area contributed by atoms with Crippen LogP contribution in [0.5, 0.6) is 0 Å². The molecule has 1 saturated heterocycles. The van der Waals surface area contributed by atoms with Gasteiger partial charge in [-0.15, -0.1) is 0 Å². The fourth-order valence-electron chi connectivity index (χ4n) is 1.58. The molecule has 0 atom stereocenters. The molecule has 15 heavy (non-hydrogen) atoms. The summed E-state index contributed by atoms with van der Waals surface area (Å²) in [6.07, 6.45) is 0. The van der Waals surface area contributed by atoms with Crippen LogP contribution in [0.4, 0.5) is 0 Å². The van der Waals surface area contributed by atoms with E-state index in [0.29, 0.717) is 0 Å². The summed E-state index contributed by atoms with van der Waals surface area (Å²) < 4.78 is 11.9. The van der Waals surface area contributed by atoms with E-state index in [9.17, 15) is 0 Å². The van der Waals surface area contributed by atoms with Crippen LogP contribution < -0.4 is 5.46 Å². The van der Waals surface area contributed by atoms with E-state index < -0.39 is 0 Å². The predicted molar refractivity (Wildman–Crippen MR) is 64.8 cm³/mol. The fraction of sp³-hybridized carbons (Fsp3) is 0.636. The summed E-state index contributed by atoms with van der Waals surface area (Å²) in [6, 6.07) is 0. The summed E-state index contributed by atoms with van der Waals surface area (Å²) in [5.41, 5.74) is 1.93. The molecule has 0 bridgehead atoms. The zero-order chi connectivity index (χ0) is 11.3. The van der Waals surface area contributed by atoms with Crippen LogP contribution in [0.3, 0.4) is 0 Å². The molecule has 2 rings (SSSR count). The summed E-state index contributed by atoms with van der Waals surface area (Å²) >= 11 is 1.69. The van der Waals surface area contributed by atoms with Crippen molar-refractivity contribution in [3.8, 4) is 0 Å². The lowest BCUT2D eigenvalue weighted by molar-refractivity contribution is 0.00578. The average Bonchev–Trinajstić information content (AvgIpc) is 2.55. The van der Waals surface area contributed by atoms with Crippen LogP contribution in [-0.4, -0.2) is 18.3 Å². The monoisotopic (exact) mass is 224 g/mol. The molecule has 1 aromatic rings. The molecule has 1 fully saturated rings. The van der Waals surface area contributed by atoms with Crippen molar-refractivity contribution in [1.29, 1.82) is 0 Å². The second-order valence-electron chi connectivity index (χ2n) is 5.10. The smallest absolute Gasteiger partial charge is 0.399 e. The van der Waals surface area contributed by atoms with Crippen LogP contribution in [0, 0.1) is 6.92 Å². The van der Waals surface area contributed by atoms with Crippen molar-refractivity contribution in [1.82, 2.24) is 0 Å². The van der Waals surface area contributed by atoms with E-state index in [1.54, 1.807) is 11.3 Å². The molecule has 82 valence electrons. The zero-order valence-corrected chi connectivity index (χ0v) is 10.8. The first-order chi connectivity index (χ1) is 6.83. The van der Waals surface area contributed by atoms with Gasteiger partial charge in [0.05, 0.1) is 11.2 Å². The van der Waals surface area contributed by atoms with Crippen molar-refractivity contribution in [2.24, 2.45) is 0 Å². The highest BCUT2D eigenvalue weighted by atomic mass is 32.1. The van der Waals surface area contributed by atoms with Crippen molar-refractivity contribution in [3.05, 3.63) is 16.3 Å². The van der Waals surface area contributed by atoms with Gasteiger partial charge in [-0.3, -0.25) is 0 Å². The van der Waals surface area contributed by atoms with Gasteiger partial charge in [-0.25, -0.2) is 0 Å². The normalized spacial score (nSPS) is 23.4. The SMILES string of the molecule is Cc1cscc1B1OC(C)(C)C(C)(C)O1. The Morgan fingerprint density at radius 1 is 1.07 bits per heavy atom. The van der Waals surface area contributed by atoms with Crippen molar-refractivity contribution < 1.29 is 9.31 Å². The first-order valence-corrected chi connectivity index (χ1v) is 6.16. The van der Waals surface area contributed by atoms with Gasteiger partial charge in [0.2, 0.25) is 0 Å². The molecule has 2 nitrogen and oxygen atoms in total. The van der Waals surface area contributed by atoms with Gasteiger partial charge in [0.1, 0.15) is 0 Å². The highest BCUT2D eigenvalue weighted by molar-refractivity contribution is 7.09. The average molecular weight is 224 g/mol. The second-order valence-corrected chi connectivity index (χ2v) is 5.84. The van der Waals surface area contributed by atoms with E-state index in [2.05, 4.69) is 45.4 Å². The first kappa shape index (κ1) is 11.2. The lowest BCUT2D eigenvalue weighted by Crippen LogP contribution is -2.41. The van der Waals surface area contributed by atoms with E-state index in [1.165, 1.54) is 11.0 Å². The molecular formula is C11H17BO2S. The van der Waals surface area contributed by atoms with Gasteiger partial charge < -0.3 is 9.31 Å². The minimum absolute atomic E-state index is 0.207. The topological polar surface area (TPSA) is 18.5 Å². The summed E-state index contributed by atoms with van der Waals surface area (Å²) in [5.74, 6) is 0. The first-order valence-electron chi connectivity index (χ1n) is 5.22. The Morgan fingerprint density at radius 3 is 2.00 bits per heavy atom. The van der Waals surface area contributed by atoms with E-state index in [0.717, 1.165) is 0 Å². The molecule has 2 heterocycles. The third-order valence-corrected chi connectivity index (χ3v) is 4.28. The number of aryl methyl sites for hydroxylation is 1. The van der Waals surface area contributed by atoms with Crippen LogP contribution in [0.2, 0.25) is 0 Å². The maximum absolute atomic E-state index is 5.97. The van der Waals surface area contributed by atoms with Gasteiger partial charge in [0, 0.05) is 0 Å². The van der Waals surface area contributed by atoms with Crippen molar-refractivity contribution >= 4 is 23.9 Å². The van der Waals surface area contributed by atoms with Crippen molar-refractivity contribution in [3.63, 3.8) is 0 Å². The van der Waals surface area contributed by atoms with E-state index in [4.69, 9.17) is 9.31 Å². The molecular weight excluding hydrogens is 207 g/mol. The van der Waals surface area contributed by atoms with Crippen LogP contribution in [0.1, 0.15) is 33.3 Å². The Kier molecular flexibility index (Phi) is 2.49. The summed E-state index contributed by atoms with van der Waals surface area (Å²) in [6.45, 7) is 10.4. The molecule has 1 aromatic heterocycles. The Hall–Kier alpha value is -0.315. The zero-order valence-electron chi connectivity index (χ0n) is 9.96. The van der Waals surface area contributed by atoms with Crippen LogP contribution in [0.25, 0.3) is 0 Å². The third-order valence-electron chi connectivity index (χ3n) is 3.40. The maximum atomic E-state index is 5.97. The third kappa shape index (κ3) is 1.75. The van der Waals surface area contributed by atoms with Crippen molar-refractivity contribution in [2.45, 2.75) is 45.8 Å². The molecule has 0 amide bonds. The van der Waals surface area contributed by atoms with Gasteiger partial charge in [-0.2, -0.15) is 11.3 Å². The Balaban J connectivity index is 2.27. The van der Waals surface area contributed by atoms with Crippen LogP contribution in [-0.2, 0) is 9.31 Å². The van der Waals surface area contributed by atoms with Crippen molar-refractivity contribution in [2.75, 3.05) is 0 Å². The van der Waals surface area contributed by atoms with Crippen LogP contribution in [0.15, 0.2) is 10.8 Å². The molecule has 0 aromatic carbocycles. The Bertz CT molecular complexity index is 354. The van der Waals surface area contributed by atoms with Gasteiger partial charge in [-0.1, -0.05) is 0 Å². The fourth-order valence-corrected chi connectivity index (χ4v) is 2.43. The maximum Gasteiger partial charge on any atom is 0.495 e. The molecule has 4 heteroatoms.